The van der Waals surface area contributed by atoms with Crippen molar-refractivity contribution in [1.82, 2.24) is 5.32 Å². The predicted molar refractivity (Wildman–Crippen MR) is 67.1 cm³/mol. The van der Waals surface area contributed by atoms with Gasteiger partial charge in [-0.05, 0) is 18.8 Å². The van der Waals surface area contributed by atoms with Crippen LogP contribution in [0.2, 0.25) is 0 Å². The Bertz CT molecular complexity index is 208. The second kappa shape index (κ2) is 6.89. The topological polar surface area (TPSA) is 55.1 Å². The largest absolute Gasteiger partial charge is 0.352 e. The minimum Gasteiger partial charge on any atom is -0.352 e. The molecule has 3 N–H and O–H groups in total. The van der Waals surface area contributed by atoms with Crippen molar-refractivity contribution in [2.24, 2.45) is 11.7 Å². The third kappa shape index (κ3) is 4.52. The van der Waals surface area contributed by atoms with Crippen LogP contribution in [0.25, 0.3) is 0 Å². The van der Waals surface area contributed by atoms with Gasteiger partial charge in [0.2, 0.25) is 5.91 Å². The van der Waals surface area contributed by atoms with E-state index in [2.05, 4.69) is 5.32 Å². The molecule has 1 rings (SSSR count). The molecule has 1 aliphatic rings. The lowest BCUT2D eigenvalue weighted by Crippen LogP contribution is -2.47. The fourth-order valence-electron chi connectivity index (χ4n) is 2.20. The quantitative estimate of drug-likeness (QED) is 0.775. The van der Waals surface area contributed by atoms with Gasteiger partial charge in [0.05, 0.1) is 6.04 Å². The molecule has 1 saturated carbocycles. The molecule has 1 atom stereocenters. The molecule has 3 nitrogen and oxygen atoms in total. The zero-order valence-corrected chi connectivity index (χ0v) is 10.7. The lowest BCUT2D eigenvalue weighted by Gasteiger charge is -2.24. The van der Waals surface area contributed by atoms with Gasteiger partial charge in [-0.25, -0.2) is 0 Å². The molecule has 0 aromatic rings. The Morgan fingerprint density at radius 3 is 2.12 bits per heavy atom. The molecule has 1 aliphatic carbocycles. The van der Waals surface area contributed by atoms with Gasteiger partial charge in [-0.1, -0.05) is 46.0 Å². The van der Waals surface area contributed by atoms with Crippen LogP contribution >= 0.6 is 0 Å². The second-order valence-corrected chi connectivity index (χ2v) is 5.32. The molecule has 0 aromatic heterocycles. The molecule has 0 saturated heterocycles. The van der Waals surface area contributed by atoms with Gasteiger partial charge in [0.25, 0.3) is 0 Å². The van der Waals surface area contributed by atoms with Gasteiger partial charge < -0.3 is 11.1 Å². The van der Waals surface area contributed by atoms with Crippen LogP contribution in [0.5, 0.6) is 0 Å². The fraction of sp³-hybridized carbons (Fsp3) is 0.923. The highest BCUT2D eigenvalue weighted by atomic mass is 16.2. The van der Waals surface area contributed by atoms with Gasteiger partial charge in [0.15, 0.2) is 0 Å². The Balaban J connectivity index is 2.35. The van der Waals surface area contributed by atoms with Gasteiger partial charge in [0.1, 0.15) is 0 Å². The standard InChI is InChI=1S/C13H26N2O/c1-10(2)12(14)13(16)15-11-8-6-4-3-5-7-9-11/h10-12H,3-9,14H2,1-2H3,(H,15,16)/t12-/m1/s1. The SMILES string of the molecule is CC(C)[C@@H](N)C(=O)NC1CCCCCCC1. The first kappa shape index (κ1) is 13.5. The summed E-state index contributed by atoms with van der Waals surface area (Å²) < 4.78 is 0. The molecule has 1 amide bonds. The highest BCUT2D eigenvalue weighted by Crippen LogP contribution is 2.17. The first-order valence-electron chi connectivity index (χ1n) is 6.67. The first-order valence-corrected chi connectivity index (χ1v) is 6.67. The van der Waals surface area contributed by atoms with E-state index in [1.54, 1.807) is 0 Å². The zero-order valence-electron chi connectivity index (χ0n) is 10.7. The van der Waals surface area contributed by atoms with Gasteiger partial charge in [-0.15, -0.1) is 0 Å². The van der Waals surface area contributed by atoms with Crippen molar-refractivity contribution >= 4 is 5.91 Å². The predicted octanol–water partition coefficient (Wildman–Crippen LogP) is 2.20. The summed E-state index contributed by atoms with van der Waals surface area (Å²) in [5.41, 5.74) is 5.84. The Morgan fingerprint density at radius 1 is 1.12 bits per heavy atom. The van der Waals surface area contributed by atoms with E-state index < -0.39 is 0 Å². The van der Waals surface area contributed by atoms with E-state index in [1.165, 1.54) is 32.1 Å². The summed E-state index contributed by atoms with van der Waals surface area (Å²) in [5, 5.41) is 3.10. The van der Waals surface area contributed by atoms with Crippen LogP contribution in [0, 0.1) is 5.92 Å². The Labute approximate surface area is 99.2 Å². The molecular weight excluding hydrogens is 200 g/mol. The summed E-state index contributed by atoms with van der Waals surface area (Å²) in [6.45, 7) is 3.98. The van der Waals surface area contributed by atoms with Crippen molar-refractivity contribution in [3.05, 3.63) is 0 Å². The van der Waals surface area contributed by atoms with E-state index in [4.69, 9.17) is 5.73 Å². The molecule has 0 aliphatic heterocycles. The molecule has 0 heterocycles. The summed E-state index contributed by atoms with van der Waals surface area (Å²) in [6.07, 6.45) is 8.69. The van der Waals surface area contributed by atoms with Crippen molar-refractivity contribution in [1.29, 1.82) is 0 Å². The number of hydrogen-bond acceptors (Lipinski definition) is 2. The number of hydrogen-bond donors (Lipinski definition) is 2. The van der Waals surface area contributed by atoms with E-state index >= 15 is 0 Å². The maximum absolute atomic E-state index is 11.8. The van der Waals surface area contributed by atoms with Crippen molar-refractivity contribution < 1.29 is 4.79 Å². The summed E-state index contributed by atoms with van der Waals surface area (Å²) >= 11 is 0. The summed E-state index contributed by atoms with van der Waals surface area (Å²) in [5.74, 6) is 0.245. The van der Waals surface area contributed by atoms with Crippen LogP contribution in [0.3, 0.4) is 0 Å². The maximum Gasteiger partial charge on any atom is 0.237 e. The Morgan fingerprint density at radius 2 is 1.62 bits per heavy atom. The Kier molecular flexibility index (Phi) is 5.81. The van der Waals surface area contributed by atoms with Gasteiger partial charge in [0, 0.05) is 6.04 Å². The summed E-state index contributed by atoms with van der Waals surface area (Å²) in [6, 6.07) is 0.00282. The van der Waals surface area contributed by atoms with E-state index in [9.17, 15) is 4.79 Å². The molecule has 3 heteroatoms. The van der Waals surface area contributed by atoms with Gasteiger partial charge in [-0.3, -0.25) is 4.79 Å². The lowest BCUT2D eigenvalue weighted by atomic mass is 9.96. The molecule has 0 unspecified atom stereocenters. The number of carbonyl (C=O) groups is 1. The lowest BCUT2D eigenvalue weighted by molar-refractivity contribution is -0.124. The average Bonchev–Trinajstić information content (AvgIpc) is 2.20. The molecule has 94 valence electrons. The highest BCUT2D eigenvalue weighted by Gasteiger charge is 2.20. The number of amides is 1. The number of nitrogens with one attached hydrogen (secondary N) is 1. The number of rotatable bonds is 3. The van der Waals surface area contributed by atoms with Crippen molar-refractivity contribution in [2.45, 2.75) is 70.9 Å². The molecule has 0 bridgehead atoms. The molecule has 1 fully saturated rings. The van der Waals surface area contributed by atoms with Crippen molar-refractivity contribution in [2.75, 3.05) is 0 Å². The van der Waals surface area contributed by atoms with Crippen LogP contribution in [0.4, 0.5) is 0 Å². The fourth-order valence-corrected chi connectivity index (χ4v) is 2.20. The van der Waals surface area contributed by atoms with Crippen molar-refractivity contribution in [3.8, 4) is 0 Å². The molecule has 16 heavy (non-hydrogen) atoms. The smallest absolute Gasteiger partial charge is 0.237 e. The van der Waals surface area contributed by atoms with Crippen molar-refractivity contribution in [3.63, 3.8) is 0 Å². The number of nitrogens with two attached hydrogens (primary N) is 1. The summed E-state index contributed by atoms with van der Waals surface area (Å²) in [4.78, 5) is 11.8. The molecule has 0 aromatic carbocycles. The normalized spacial score (nSPS) is 21.2. The highest BCUT2D eigenvalue weighted by molar-refractivity contribution is 5.81. The van der Waals surface area contributed by atoms with Crippen LogP contribution in [-0.4, -0.2) is 18.0 Å². The third-order valence-corrected chi connectivity index (χ3v) is 3.47. The zero-order chi connectivity index (χ0) is 12.0. The van der Waals surface area contributed by atoms with Crippen LogP contribution in [0.15, 0.2) is 0 Å². The molecular formula is C13H26N2O. The maximum atomic E-state index is 11.8. The minimum absolute atomic E-state index is 0.0283. The van der Waals surface area contributed by atoms with Crippen LogP contribution in [-0.2, 0) is 4.79 Å². The average molecular weight is 226 g/mol. The molecule has 0 spiro atoms. The monoisotopic (exact) mass is 226 g/mol. The van der Waals surface area contributed by atoms with E-state index in [-0.39, 0.29) is 17.9 Å². The summed E-state index contributed by atoms with van der Waals surface area (Å²) in [7, 11) is 0. The van der Waals surface area contributed by atoms with Gasteiger partial charge >= 0.3 is 0 Å². The third-order valence-electron chi connectivity index (χ3n) is 3.47. The van der Waals surface area contributed by atoms with E-state index in [1.807, 2.05) is 13.8 Å². The molecule has 0 radical (unpaired) electrons. The van der Waals surface area contributed by atoms with Gasteiger partial charge in [-0.2, -0.15) is 0 Å². The number of carbonyl (C=O) groups excluding carboxylic acids is 1. The van der Waals surface area contributed by atoms with E-state index in [0.717, 1.165) is 12.8 Å². The van der Waals surface area contributed by atoms with Crippen LogP contribution in [0.1, 0.15) is 58.8 Å². The Hall–Kier alpha value is -0.570. The van der Waals surface area contributed by atoms with E-state index in [0.29, 0.717) is 6.04 Å². The first-order chi connectivity index (χ1) is 7.61. The minimum atomic E-state index is -0.356. The second-order valence-electron chi connectivity index (χ2n) is 5.32. The van der Waals surface area contributed by atoms with Crippen LogP contribution < -0.4 is 11.1 Å².